The number of rotatable bonds is 8. The molecule has 2 aromatic carbocycles. The van der Waals surface area contributed by atoms with Crippen LogP contribution >= 0.6 is 24.0 Å². The standard InChI is InChI=1S/C20H24F3N3O3.HI/c1-24-19(26-13-14-7-8-17(27-2)18(11-14)28-3)25-9-10-29-16-6-4-5-15(12-16)20(21,22)23;/h4-8,11-12H,9-10,13H2,1-3H3,(H2,24,25,26);1H. The summed E-state index contributed by atoms with van der Waals surface area (Å²) in [5, 5.41) is 6.18. The maximum Gasteiger partial charge on any atom is 0.416 e. The number of guanidine groups is 1. The number of benzene rings is 2. The summed E-state index contributed by atoms with van der Waals surface area (Å²) in [4.78, 5) is 4.10. The van der Waals surface area contributed by atoms with E-state index in [0.29, 0.717) is 30.5 Å². The Morgan fingerprint density at radius 1 is 1.00 bits per heavy atom. The van der Waals surface area contributed by atoms with E-state index in [4.69, 9.17) is 14.2 Å². The molecule has 166 valence electrons. The van der Waals surface area contributed by atoms with Gasteiger partial charge in [0.2, 0.25) is 0 Å². The van der Waals surface area contributed by atoms with Crippen LogP contribution in [0.25, 0.3) is 0 Å². The van der Waals surface area contributed by atoms with Crippen molar-refractivity contribution in [2.24, 2.45) is 4.99 Å². The lowest BCUT2D eigenvalue weighted by atomic mass is 10.2. The third kappa shape index (κ3) is 7.81. The van der Waals surface area contributed by atoms with Gasteiger partial charge in [-0.2, -0.15) is 13.2 Å². The van der Waals surface area contributed by atoms with Crippen molar-refractivity contribution in [2.45, 2.75) is 12.7 Å². The molecule has 2 N–H and O–H groups in total. The van der Waals surface area contributed by atoms with Gasteiger partial charge in [0.15, 0.2) is 17.5 Å². The molecular formula is C20H25F3IN3O3. The van der Waals surface area contributed by atoms with Crippen LogP contribution in [0.3, 0.4) is 0 Å². The second-order valence-electron chi connectivity index (χ2n) is 5.92. The number of ether oxygens (including phenoxy) is 3. The molecule has 0 radical (unpaired) electrons. The van der Waals surface area contributed by atoms with Crippen LogP contribution in [-0.2, 0) is 12.7 Å². The SMILES string of the molecule is CN=C(NCCOc1cccc(C(F)(F)F)c1)NCc1ccc(OC)c(OC)c1.I. The van der Waals surface area contributed by atoms with Crippen molar-refractivity contribution < 1.29 is 27.4 Å². The number of halogens is 4. The van der Waals surface area contributed by atoms with Crippen LogP contribution in [0.2, 0.25) is 0 Å². The van der Waals surface area contributed by atoms with E-state index in [9.17, 15) is 13.2 Å². The Balaban J connectivity index is 0.00000450. The molecule has 2 aromatic rings. The maximum absolute atomic E-state index is 12.7. The fourth-order valence-electron chi connectivity index (χ4n) is 2.50. The summed E-state index contributed by atoms with van der Waals surface area (Å²) >= 11 is 0. The fraction of sp³-hybridized carbons (Fsp3) is 0.350. The van der Waals surface area contributed by atoms with Crippen molar-refractivity contribution in [3.63, 3.8) is 0 Å². The second kappa shape index (κ2) is 12.4. The van der Waals surface area contributed by atoms with Crippen LogP contribution in [0.5, 0.6) is 17.2 Å². The highest BCUT2D eigenvalue weighted by Crippen LogP contribution is 2.31. The van der Waals surface area contributed by atoms with E-state index in [1.165, 1.54) is 12.1 Å². The van der Waals surface area contributed by atoms with E-state index >= 15 is 0 Å². The Morgan fingerprint density at radius 2 is 1.73 bits per heavy atom. The number of alkyl halides is 3. The first-order valence-corrected chi connectivity index (χ1v) is 8.83. The third-order valence-corrected chi connectivity index (χ3v) is 3.96. The Hall–Kier alpha value is -2.37. The number of aliphatic imine (C=N–C) groups is 1. The summed E-state index contributed by atoms with van der Waals surface area (Å²) in [7, 11) is 4.76. The minimum Gasteiger partial charge on any atom is -0.493 e. The normalized spacial score (nSPS) is 11.3. The van der Waals surface area contributed by atoms with Gasteiger partial charge in [-0.15, -0.1) is 24.0 Å². The number of nitrogens with one attached hydrogen (secondary N) is 2. The van der Waals surface area contributed by atoms with Gasteiger partial charge >= 0.3 is 6.18 Å². The topological polar surface area (TPSA) is 64.1 Å². The van der Waals surface area contributed by atoms with E-state index < -0.39 is 11.7 Å². The van der Waals surface area contributed by atoms with Gasteiger partial charge in [-0.05, 0) is 35.9 Å². The van der Waals surface area contributed by atoms with E-state index in [1.54, 1.807) is 21.3 Å². The molecule has 2 rings (SSSR count). The monoisotopic (exact) mass is 539 g/mol. The third-order valence-electron chi connectivity index (χ3n) is 3.96. The van der Waals surface area contributed by atoms with Crippen LogP contribution in [0.4, 0.5) is 13.2 Å². The summed E-state index contributed by atoms with van der Waals surface area (Å²) in [6.45, 7) is 1.04. The quantitative estimate of drug-likeness (QED) is 0.229. The molecule has 0 saturated carbocycles. The van der Waals surface area contributed by atoms with Gasteiger partial charge < -0.3 is 24.8 Å². The van der Waals surface area contributed by atoms with Gasteiger partial charge in [-0.1, -0.05) is 12.1 Å². The molecule has 0 unspecified atom stereocenters. The zero-order valence-corrected chi connectivity index (χ0v) is 19.2. The predicted molar refractivity (Wildman–Crippen MR) is 120 cm³/mol. The lowest BCUT2D eigenvalue weighted by molar-refractivity contribution is -0.137. The first-order chi connectivity index (χ1) is 13.9. The molecule has 0 aliphatic rings. The van der Waals surface area contributed by atoms with Crippen molar-refractivity contribution in [1.29, 1.82) is 0 Å². The van der Waals surface area contributed by atoms with Crippen molar-refractivity contribution in [3.8, 4) is 17.2 Å². The zero-order valence-electron chi connectivity index (χ0n) is 16.9. The number of nitrogens with zero attached hydrogens (tertiary/aromatic N) is 1. The van der Waals surface area contributed by atoms with Crippen LogP contribution in [0.15, 0.2) is 47.5 Å². The maximum atomic E-state index is 12.7. The molecule has 0 fully saturated rings. The van der Waals surface area contributed by atoms with E-state index in [-0.39, 0.29) is 36.3 Å². The molecular weight excluding hydrogens is 514 g/mol. The van der Waals surface area contributed by atoms with Gasteiger partial charge in [-0.3, -0.25) is 4.99 Å². The summed E-state index contributed by atoms with van der Waals surface area (Å²) in [5.74, 6) is 1.97. The first-order valence-electron chi connectivity index (χ1n) is 8.83. The van der Waals surface area contributed by atoms with E-state index in [0.717, 1.165) is 17.7 Å². The molecule has 0 aliphatic heterocycles. The lowest BCUT2D eigenvalue weighted by Gasteiger charge is -2.14. The van der Waals surface area contributed by atoms with Crippen molar-refractivity contribution in [3.05, 3.63) is 53.6 Å². The average molecular weight is 539 g/mol. The highest BCUT2D eigenvalue weighted by Gasteiger charge is 2.30. The van der Waals surface area contributed by atoms with Gasteiger partial charge in [-0.25, -0.2) is 0 Å². The molecule has 0 spiro atoms. The molecule has 0 bridgehead atoms. The molecule has 0 aliphatic carbocycles. The fourth-order valence-corrected chi connectivity index (χ4v) is 2.50. The average Bonchev–Trinajstić information content (AvgIpc) is 2.72. The van der Waals surface area contributed by atoms with Gasteiger partial charge in [0, 0.05) is 13.6 Å². The first kappa shape index (κ1) is 25.7. The highest BCUT2D eigenvalue weighted by molar-refractivity contribution is 14.0. The molecule has 0 amide bonds. The Bertz CT molecular complexity index is 832. The minimum atomic E-state index is -4.40. The molecule has 10 heteroatoms. The zero-order chi connectivity index (χ0) is 21.3. The number of hydrogen-bond donors (Lipinski definition) is 2. The van der Waals surface area contributed by atoms with Crippen LogP contribution in [0.1, 0.15) is 11.1 Å². The van der Waals surface area contributed by atoms with Gasteiger partial charge in [0.25, 0.3) is 0 Å². The smallest absolute Gasteiger partial charge is 0.416 e. The van der Waals surface area contributed by atoms with Gasteiger partial charge in [0.05, 0.1) is 26.3 Å². The van der Waals surface area contributed by atoms with Crippen molar-refractivity contribution in [2.75, 3.05) is 34.4 Å². The van der Waals surface area contributed by atoms with E-state index in [2.05, 4.69) is 15.6 Å². The second-order valence-corrected chi connectivity index (χ2v) is 5.92. The summed E-state index contributed by atoms with van der Waals surface area (Å²) < 4.78 is 54.0. The van der Waals surface area contributed by atoms with Crippen LogP contribution in [-0.4, -0.2) is 40.4 Å². The van der Waals surface area contributed by atoms with Crippen LogP contribution in [0, 0.1) is 0 Å². The Kier molecular flexibility index (Phi) is 10.6. The van der Waals surface area contributed by atoms with E-state index in [1.807, 2.05) is 18.2 Å². The lowest BCUT2D eigenvalue weighted by Crippen LogP contribution is -2.38. The number of hydrogen-bond acceptors (Lipinski definition) is 4. The van der Waals surface area contributed by atoms with Crippen LogP contribution < -0.4 is 24.8 Å². The molecule has 30 heavy (non-hydrogen) atoms. The molecule has 0 saturated heterocycles. The van der Waals surface area contributed by atoms with Gasteiger partial charge in [0.1, 0.15) is 12.4 Å². The molecule has 6 nitrogen and oxygen atoms in total. The van der Waals surface area contributed by atoms with Crippen molar-refractivity contribution >= 4 is 29.9 Å². The number of methoxy groups -OCH3 is 2. The summed E-state index contributed by atoms with van der Waals surface area (Å²) in [6, 6.07) is 10.4. The Morgan fingerprint density at radius 3 is 2.37 bits per heavy atom. The molecule has 0 aromatic heterocycles. The predicted octanol–water partition coefficient (Wildman–Crippen LogP) is 4.08. The molecule has 0 atom stereocenters. The molecule has 0 heterocycles. The largest absolute Gasteiger partial charge is 0.493 e. The Labute approximate surface area is 190 Å². The summed E-state index contributed by atoms with van der Waals surface area (Å²) in [6.07, 6.45) is -4.40. The summed E-state index contributed by atoms with van der Waals surface area (Å²) in [5.41, 5.74) is 0.223. The highest BCUT2D eigenvalue weighted by atomic mass is 127. The van der Waals surface area contributed by atoms with Crippen molar-refractivity contribution in [1.82, 2.24) is 10.6 Å². The minimum absolute atomic E-state index is 0.